The number of aromatic nitrogens is 2. The quantitative estimate of drug-likeness (QED) is 0.826. The Hall–Kier alpha value is -2.22. The van der Waals surface area contributed by atoms with Gasteiger partial charge in [-0.05, 0) is 13.8 Å². The molecule has 2 aromatic heterocycles. The molecule has 1 atom stereocenters. The van der Waals surface area contributed by atoms with Crippen molar-refractivity contribution < 1.29 is 14.3 Å². The van der Waals surface area contributed by atoms with Gasteiger partial charge in [0.25, 0.3) is 11.5 Å². The van der Waals surface area contributed by atoms with Gasteiger partial charge in [-0.2, -0.15) is 0 Å². The van der Waals surface area contributed by atoms with E-state index in [0.717, 1.165) is 0 Å². The Morgan fingerprint density at radius 2 is 2.20 bits per heavy atom. The lowest BCUT2D eigenvalue weighted by Gasteiger charge is -2.11. The molecule has 0 radical (unpaired) electrons. The standard InChI is InChI=1S/C12H13N3O4S/c1-6-5-20-12-13-4-8(10(17)15(6)12)9(16)14-7(2)11(18)19-3/h4-5,7H,1-3H3,(H,14,16)/t7-/m0/s1. The third-order valence-corrected chi connectivity index (χ3v) is 3.72. The van der Waals surface area contributed by atoms with Gasteiger partial charge in [0.2, 0.25) is 0 Å². The Morgan fingerprint density at radius 3 is 2.85 bits per heavy atom. The van der Waals surface area contributed by atoms with Crippen LogP contribution in [0.5, 0.6) is 0 Å². The first-order valence-electron chi connectivity index (χ1n) is 5.80. The van der Waals surface area contributed by atoms with Crippen LogP contribution < -0.4 is 10.9 Å². The zero-order valence-electron chi connectivity index (χ0n) is 11.2. The summed E-state index contributed by atoms with van der Waals surface area (Å²) in [6.45, 7) is 3.23. The van der Waals surface area contributed by atoms with Crippen molar-refractivity contribution in [2.24, 2.45) is 0 Å². The summed E-state index contributed by atoms with van der Waals surface area (Å²) in [5.74, 6) is -1.24. The average molecular weight is 295 g/mol. The summed E-state index contributed by atoms with van der Waals surface area (Å²) in [6.07, 6.45) is 1.22. The van der Waals surface area contributed by atoms with Crippen molar-refractivity contribution in [1.29, 1.82) is 0 Å². The minimum Gasteiger partial charge on any atom is -0.467 e. The maximum absolute atomic E-state index is 12.2. The summed E-state index contributed by atoms with van der Waals surface area (Å²) in [6, 6.07) is -0.837. The zero-order valence-corrected chi connectivity index (χ0v) is 12.0. The molecule has 7 nitrogen and oxygen atoms in total. The highest BCUT2D eigenvalue weighted by atomic mass is 32.1. The highest BCUT2D eigenvalue weighted by molar-refractivity contribution is 7.15. The van der Waals surface area contributed by atoms with Gasteiger partial charge < -0.3 is 10.1 Å². The van der Waals surface area contributed by atoms with E-state index in [0.29, 0.717) is 10.7 Å². The van der Waals surface area contributed by atoms with Crippen LogP contribution in [-0.4, -0.2) is 34.4 Å². The maximum Gasteiger partial charge on any atom is 0.328 e. The maximum atomic E-state index is 12.2. The van der Waals surface area contributed by atoms with Crippen molar-refractivity contribution in [2.45, 2.75) is 19.9 Å². The molecule has 0 bridgehead atoms. The number of methoxy groups -OCH3 is 1. The molecule has 0 aliphatic carbocycles. The molecule has 8 heteroatoms. The molecule has 0 spiro atoms. The molecule has 0 saturated heterocycles. The fourth-order valence-electron chi connectivity index (χ4n) is 1.69. The van der Waals surface area contributed by atoms with Crippen molar-refractivity contribution >= 4 is 28.2 Å². The number of aryl methyl sites for hydroxylation is 1. The number of nitrogens with one attached hydrogen (secondary N) is 1. The smallest absolute Gasteiger partial charge is 0.328 e. The van der Waals surface area contributed by atoms with E-state index < -0.39 is 23.5 Å². The Kier molecular flexibility index (Phi) is 3.84. The minimum absolute atomic E-state index is 0.111. The van der Waals surface area contributed by atoms with Crippen molar-refractivity contribution in [1.82, 2.24) is 14.7 Å². The van der Waals surface area contributed by atoms with E-state index in [1.165, 1.54) is 36.0 Å². The largest absolute Gasteiger partial charge is 0.467 e. The van der Waals surface area contributed by atoms with Crippen LogP contribution >= 0.6 is 11.3 Å². The lowest BCUT2D eigenvalue weighted by Crippen LogP contribution is -2.41. The van der Waals surface area contributed by atoms with Crippen LogP contribution in [0.1, 0.15) is 23.0 Å². The molecule has 20 heavy (non-hydrogen) atoms. The van der Waals surface area contributed by atoms with Crippen LogP contribution in [0, 0.1) is 6.92 Å². The number of esters is 1. The number of hydrogen-bond acceptors (Lipinski definition) is 6. The molecule has 1 N–H and O–H groups in total. The van der Waals surface area contributed by atoms with Crippen molar-refractivity contribution in [3.8, 4) is 0 Å². The topological polar surface area (TPSA) is 89.8 Å². The van der Waals surface area contributed by atoms with Gasteiger partial charge in [0.1, 0.15) is 11.6 Å². The lowest BCUT2D eigenvalue weighted by molar-refractivity contribution is -0.142. The van der Waals surface area contributed by atoms with Crippen LogP contribution in [0.2, 0.25) is 0 Å². The molecule has 0 aliphatic rings. The fourth-order valence-corrected chi connectivity index (χ4v) is 2.52. The van der Waals surface area contributed by atoms with Gasteiger partial charge in [-0.15, -0.1) is 11.3 Å². The first kappa shape index (κ1) is 14.2. The van der Waals surface area contributed by atoms with E-state index >= 15 is 0 Å². The van der Waals surface area contributed by atoms with Crippen LogP contribution in [0.15, 0.2) is 16.4 Å². The molecule has 2 aromatic rings. The van der Waals surface area contributed by atoms with Crippen molar-refractivity contribution in [3.63, 3.8) is 0 Å². The molecule has 1 amide bonds. The third-order valence-electron chi connectivity index (χ3n) is 2.76. The summed E-state index contributed by atoms with van der Waals surface area (Å²) >= 11 is 1.32. The predicted octanol–water partition coefficient (Wildman–Crippen LogP) is 0.356. The van der Waals surface area contributed by atoms with E-state index in [9.17, 15) is 14.4 Å². The molecular weight excluding hydrogens is 282 g/mol. The fraction of sp³-hybridized carbons (Fsp3) is 0.333. The molecule has 0 fully saturated rings. The van der Waals surface area contributed by atoms with Crippen LogP contribution in [0.4, 0.5) is 0 Å². The molecular formula is C12H13N3O4S. The number of hydrogen-bond donors (Lipinski definition) is 1. The molecule has 106 valence electrons. The average Bonchev–Trinajstić information content (AvgIpc) is 2.80. The first-order valence-corrected chi connectivity index (χ1v) is 6.68. The predicted molar refractivity (Wildman–Crippen MR) is 73.0 cm³/mol. The Balaban J connectivity index is 2.36. The van der Waals surface area contributed by atoms with E-state index in [1.54, 1.807) is 12.3 Å². The van der Waals surface area contributed by atoms with Gasteiger partial charge >= 0.3 is 5.97 Å². The summed E-state index contributed by atoms with van der Waals surface area (Å²) in [5.41, 5.74) is 0.140. The lowest BCUT2D eigenvalue weighted by atomic mass is 10.2. The van der Waals surface area contributed by atoms with Gasteiger partial charge in [-0.3, -0.25) is 14.0 Å². The third kappa shape index (κ3) is 2.42. The normalized spacial score (nSPS) is 12.2. The molecule has 2 rings (SSSR count). The van der Waals surface area contributed by atoms with E-state index in [-0.39, 0.29) is 5.56 Å². The highest BCUT2D eigenvalue weighted by Crippen LogP contribution is 2.10. The van der Waals surface area contributed by atoms with Crippen molar-refractivity contribution in [2.75, 3.05) is 7.11 Å². The van der Waals surface area contributed by atoms with Gasteiger partial charge in [0.05, 0.1) is 7.11 Å². The second kappa shape index (κ2) is 5.41. The first-order chi connectivity index (χ1) is 9.45. The zero-order chi connectivity index (χ0) is 14.9. The SMILES string of the molecule is COC(=O)[C@H](C)NC(=O)c1cnc2scc(C)n2c1=O. The molecule has 0 unspecified atom stereocenters. The monoisotopic (exact) mass is 295 g/mol. The molecule has 2 heterocycles. The van der Waals surface area contributed by atoms with E-state index in [4.69, 9.17) is 0 Å². The Morgan fingerprint density at radius 1 is 1.50 bits per heavy atom. The number of rotatable bonds is 3. The van der Waals surface area contributed by atoms with Crippen LogP contribution in [0.3, 0.4) is 0 Å². The summed E-state index contributed by atoms with van der Waals surface area (Å²) in [5, 5.41) is 4.18. The number of carbonyl (C=O) groups excluding carboxylic acids is 2. The van der Waals surface area contributed by atoms with Gasteiger partial charge in [-0.1, -0.05) is 0 Å². The summed E-state index contributed by atoms with van der Waals surface area (Å²) < 4.78 is 5.87. The summed E-state index contributed by atoms with van der Waals surface area (Å²) in [7, 11) is 1.22. The Labute approximate surface area is 118 Å². The van der Waals surface area contributed by atoms with Gasteiger partial charge in [0.15, 0.2) is 4.96 Å². The van der Waals surface area contributed by atoms with E-state index in [1.807, 2.05) is 0 Å². The van der Waals surface area contributed by atoms with E-state index in [2.05, 4.69) is 15.0 Å². The number of amides is 1. The van der Waals surface area contributed by atoms with Crippen molar-refractivity contribution in [3.05, 3.63) is 33.2 Å². The van der Waals surface area contributed by atoms with Crippen LogP contribution in [-0.2, 0) is 9.53 Å². The minimum atomic E-state index is -0.837. The highest BCUT2D eigenvalue weighted by Gasteiger charge is 2.20. The van der Waals surface area contributed by atoms with Gasteiger partial charge in [0, 0.05) is 17.3 Å². The summed E-state index contributed by atoms with van der Waals surface area (Å²) in [4.78, 5) is 40.1. The second-order valence-corrected chi connectivity index (χ2v) is 5.03. The second-order valence-electron chi connectivity index (χ2n) is 4.19. The number of carbonyl (C=O) groups is 2. The number of thiazole rings is 1. The molecule has 0 aromatic carbocycles. The van der Waals surface area contributed by atoms with Gasteiger partial charge in [-0.25, -0.2) is 9.78 Å². The number of ether oxygens (including phenoxy) is 1. The molecule has 0 saturated carbocycles. The number of nitrogens with zero attached hydrogens (tertiary/aromatic N) is 2. The number of fused-ring (bicyclic) bond motifs is 1. The Bertz CT molecular complexity index is 734. The molecule has 0 aliphatic heterocycles. The van der Waals surface area contributed by atoms with Crippen LogP contribution in [0.25, 0.3) is 4.96 Å².